The van der Waals surface area contributed by atoms with Crippen LogP contribution < -0.4 is 5.73 Å². The van der Waals surface area contributed by atoms with Crippen molar-refractivity contribution in [2.24, 2.45) is 5.41 Å². The summed E-state index contributed by atoms with van der Waals surface area (Å²) in [6.45, 7) is 9.03. The Kier molecular flexibility index (Phi) is 7.19. The van der Waals surface area contributed by atoms with E-state index in [4.69, 9.17) is 15.5 Å². The van der Waals surface area contributed by atoms with Gasteiger partial charge in [0.15, 0.2) is 11.5 Å². The fraction of sp³-hybridized carbons (Fsp3) is 0.567. The van der Waals surface area contributed by atoms with Crippen LogP contribution in [0.1, 0.15) is 70.7 Å². The second-order valence-corrected chi connectivity index (χ2v) is 12.4. The van der Waals surface area contributed by atoms with E-state index in [1.807, 2.05) is 27.7 Å². The van der Waals surface area contributed by atoms with Gasteiger partial charge in [-0.05, 0) is 50.2 Å². The molecule has 3 aromatic heterocycles. The van der Waals surface area contributed by atoms with Crippen molar-refractivity contribution in [3.05, 3.63) is 42.7 Å². The molecule has 1 aromatic carbocycles. The highest BCUT2D eigenvalue weighted by Crippen LogP contribution is 2.46. The molecule has 0 bridgehead atoms. The summed E-state index contributed by atoms with van der Waals surface area (Å²) < 4.78 is 10.3. The van der Waals surface area contributed by atoms with E-state index < -0.39 is 5.60 Å². The molecule has 2 aliphatic rings. The predicted octanol–water partition coefficient (Wildman–Crippen LogP) is 3.68. The van der Waals surface area contributed by atoms with E-state index >= 15 is 0 Å². The van der Waals surface area contributed by atoms with Crippen LogP contribution in [-0.2, 0) is 16.1 Å². The van der Waals surface area contributed by atoms with Crippen molar-refractivity contribution in [1.82, 2.24) is 34.0 Å². The molecular formula is C30H40N8O3. The van der Waals surface area contributed by atoms with Gasteiger partial charge in [0.25, 0.3) is 0 Å². The van der Waals surface area contributed by atoms with Crippen molar-refractivity contribution in [1.29, 1.82) is 0 Å². The fourth-order valence-electron chi connectivity index (χ4n) is 6.65. The third kappa shape index (κ3) is 5.17. The van der Waals surface area contributed by atoms with E-state index in [-0.39, 0.29) is 24.0 Å². The maximum atomic E-state index is 13.3. The molecule has 0 aliphatic carbocycles. The number of amides is 1. The molecule has 11 heteroatoms. The molecule has 0 radical (unpaired) electrons. The lowest BCUT2D eigenvalue weighted by atomic mass is 9.72. The number of aromatic nitrogens is 6. The van der Waals surface area contributed by atoms with Crippen molar-refractivity contribution in [2.45, 2.75) is 77.0 Å². The van der Waals surface area contributed by atoms with Crippen LogP contribution in [0.15, 0.2) is 36.9 Å². The highest BCUT2D eigenvalue weighted by Gasteiger charge is 2.47. The molecule has 1 spiro atoms. The number of anilines is 1. The van der Waals surface area contributed by atoms with Crippen molar-refractivity contribution in [3.63, 3.8) is 0 Å². The van der Waals surface area contributed by atoms with Gasteiger partial charge in [0.05, 0.1) is 36.6 Å². The first-order valence-electron chi connectivity index (χ1n) is 14.6. The van der Waals surface area contributed by atoms with Crippen LogP contribution in [0, 0.1) is 5.41 Å². The standard InChI is InChI=1S/C30H40N8O3/c1-20(2)27-35-21-7-4-5-8-22(21)37(27)12-6-9-24(39)36-13-10-30(11-14-36)15-23(29(3,40)16-41-17-30)38-19-34-25-26(31)32-18-33-28(25)38/h4-5,7-8,18-20,23,40H,6,9-17H2,1-3H3,(H2,31,32,33)/t23-,29-/m1/s1. The van der Waals surface area contributed by atoms with Gasteiger partial charge in [-0.2, -0.15) is 0 Å². The highest BCUT2D eigenvalue weighted by atomic mass is 16.5. The number of carbonyl (C=O) groups is 1. The summed E-state index contributed by atoms with van der Waals surface area (Å²) in [6.07, 6.45) is 6.73. The molecule has 5 heterocycles. The van der Waals surface area contributed by atoms with Gasteiger partial charge >= 0.3 is 0 Å². The van der Waals surface area contributed by atoms with Crippen LogP contribution in [0.25, 0.3) is 22.2 Å². The van der Waals surface area contributed by atoms with E-state index in [1.54, 1.807) is 13.3 Å². The van der Waals surface area contributed by atoms with Crippen LogP contribution in [0.4, 0.5) is 5.82 Å². The number of nitrogen functional groups attached to an aromatic ring is 1. The number of nitrogens with zero attached hydrogens (tertiary/aromatic N) is 7. The molecular weight excluding hydrogens is 520 g/mol. The van der Waals surface area contributed by atoms with Gasteiger partial charge in [0.2, 0.25) is 5.91 Å². The molecule has 2 atom stereocenters. The molecule has 2 saturated heterocycles. The first-order chi connectivity index (χ1) is 19.7. The molecule has 218 valence electrons. The quantitative estimate of drug-likeness (QED) is 0.364. The number of piperidine rings is 1. The Balaban J connectivity index is 1.11. The number of para-hydroxylation sites is 2. The minimum absolute atomic E-state index is 0.154. The smallest absolute Gasteiger partial charge is 0.222 e. The summed E-state index contributed by atoms with van der Waals surface area (Å²) in [5, 5.41) is 11.4. The number of hydrogen-bond donors (Lipinski definition) is 2. The van der Waals surface area contributed by atoms with Crippen LogP contribution in [0.3, 0.4) is 0 Å². The zero-order valence-electron chi connectivity index (χ0n) is 24.2. The van der Waals surface area contributed by atoms with Crippen LogP contribution in [-0.4, -0.2) is 76.9 Å². The summed E-state index contributed by atoms with van der Waals surface area (Å²) in [4.78, 5) is 33.0. The molecule has 0 saturated carbocycles. The number of imidazole rings is 2. The molecule has 1 amide bonds. The largest absolute Gasteiger partial charge is 0.386 e. The summed E-state index contributed by atoms with van der Waals surface area (Å²) in [5.74, 6) is 1.90. The molecule has 0 unspecified atom stereocenters. The second kappa shape index (κ2) is 10.7. The number of aliphatic hydroxyl groups is 1. The lowest BCUT2D eigenvalue weighted by Crippen LogP contribution is -2.46. The van der Waals surface area contributed by atoms with Gasteiger partial charge in [-0.3, -0.25) is 4.79 Å². The lowest BCUT2D eigenvalue weighted by molar-refractivity contribution is -0.134. The Morgan fingerprint density at radius 1 is 1.17 bits per heavy atom. The SMILES string of the molecule is CC(C)c1nc2ccccc2n1CCCC(=O)N1CCC2(CC1)COC[C@@](C)(O)[C@H](n1cnc3c(N)ncnc31)C2. The predicted molar refractivity (Wildman–Crippen MR) is 156 cm³/mol. The van der Waals surface area contributed by atoms with Gasteiger partial charge in [-0.1, -0.05) is 26.0 Å². The first kappa shape index (κ1) is 27.6. The van der Waals surface area contributed by atoms with E-state index in [1.165, 1.54) is 6.33 Å². The van der Waals surface area contributed by atoms with E-state index in [9.17, 15) is 9.90 Å². The summed E-state index contributed by atoms with van der Waals surface area (Å²) in [6, 6.07) is 7.91. The molecule has 3 N–H and O–H groups in total. The van der Waals surface area contributed by atoms with Crippen LogP contribution in [0.2, 0.25) is 0 Å². The Morgan fingerprint density at radius 2 is 1.95 bits per heavy atom. The monoisotopic (exact) mass is 560 g/mol. The average Bonchev–Trinajstić information content (AvgIpc) is 3.52. The highest BCUT2D eigenvalue weighted by molar-refractivity contribution is 5.81. The van der Waals surface area contributed by atoms with E-state index in [2.05, 4.69) is 39.4 Å². The number of carbonyl (C=O) groups excluding carboxylic acids is 1. The van der Waals surface area contributed by atoms with Gasteiger partial charge in [0.1, 0.15) is 23.3 Å². The van der Waals surface area contributed by atoms with Crippen molar-refractivity contribution >= 4 is 33.9 Å². The van der Waals surface area contributed by atoms with Crippen molar-refractivity contribution in [2.75, 3.05) is 32.0 Å². The number of likely N-dealkylation sites (tertiary alicyclic amines) is 1. The molecule has 41 heavy (non-hydrogen) atoms. The molecule has 6 rings (SSSR count). The third-order valence-electron chi connectivity index (χ3n) is 9.02. The minimum Gasteiger partial charge on any atom is -0.386 e. The number of fused-ring (bicyclic) bond motifs is 2. The number of ether oxygens (including phenoxy) is 1. The lowest BCUT2D eigenvalue weighted by Gasteiger charge is -2.43. The topological polar surface area (TPSA) is 137 Å². The Labute approximate surface area is 239 Å². The number of nitrogens with two attached hydrogens (primary N) is 1. The maximum Gasteiger partial charge on any atom is 0.222 e. The summed E-state index contributed by atoms with van der Waals surface area (Å²) in [5.41, 5.74) is 8.04. The number of aryl methyl sites for hydroxylation is 1. The number of rotatable bonds is 6. The molecule has 2 fully saturated rings. The average molecular weight is 561 g/mol. The van der Waals surface area contributed by atoms with Crippen molar-refractivity contribution < 1.29 is 14.6 Å². The first-order valence-corrected chi connectivity index (χ1v) is 14.6. The zero-order valence-corrected chi connectivity index (χ0v) is 24.2. The van der Waals surface area contributed by atoms with Gasteiger partial charge in [-0.15, -0.1) is 0 Å². The van der Waals surface area contributed by atoms with Crippen LogP contribution >= 0.6 is 0 Å². The maximum absolute atomic E-state index is 13.3. The normalized spacial score (nSPS) is 23.0. The fourth-order valence-corrected chi connectivity index (χ4v) is 6.65. The molecule has 4 aromatic rings. The number of hydrogen-bond acceptors (Lipinski definition) is 8. The van der Waals surface area contributed by atoms with Crippen LogP contribution in [0.5, 0.6) is 0 Å². The van der Waals surface area contributed by atoms with Gasteiger partial charge in [-0.25, -0.2) is 19.9 Å². The Morgan fingerprint density at radius 3 is 2.73 bits per heavy atom. The second-order valence-electron chi connectivity index (χ2n) is 12.4. The van der Waals surface area contributed by atoms with Crippen molar-refractivity contribution in [3.8, 4) is 0 Å². The number of benzene rings is 1. The molecule has 11 nitrogen and oxygen atoms in total. The van der Waals surface area contributed by atoms with Gasteiger partial charge < -0.3 is 29.6 Å². The summed E-state index contributed by atoms with van der Waals surface area (Å²) >= 11 is 0. The Bertz CT molecular complexity index is 1550. The van der Waals surface area contributed by atoms with E-state index in [0.29, 0.717) is 55.4 Å². The Hall–Kier alpha value is -3.57. The summed E-state index contributed by atoms with van der Waals surface area (Å²) in [7, 11) is 0. The minimum atomic E-state index is -1.11. The third-order valence-corrected chi connectivity index (χ3v) is 9.02. The zero-order chi connectivity index (χ0) is 28.8. The van der Waals surface area contributed by atoms with E-state index in [0.717, 1.165) is 42.7 Å². The molecule has 2 aliphatic heterocycles. The van der Waals surface area contributed by atoms with Gasteiger partial charge in [0, 0.05) is 32.0 Å².